The van der Waals surface area contributed by atoms with Crippen molar-refractivity contribution in [1.29, 1.82) is 0 Å². The van der Waals surface area contributed by atoms with Gasteiger partial charge in [0, 0.05) is 6.54 Å². The first kappa shape index (κ1) is 14.1. The maximum absolute atomic E-state index is 12.0. The van der Waals surface area contributed by atoms with E-state index in [0.29, 0.717) is 18.1 Å². The zero-order chi connectivity index (χ0) is 14.4. The van der Waals surface area contributed by atoms with Crippen LogP contribution in [-0.4, -0.2) is 32.2 Å². The van der Waals surface area contributed by atoms with Gasteiger partial charge in [-0.1, -0.05) is 13.3 Å². The van der Waals surface area contributed by atoms with Crippen molar-refractivity contribution in [2.75, 3.05) is 11.9 Å². The number of aromatic nitrogens is 4. The van der Waals surface area contributed by atoms with E-state index in [9.17, 15) is 4.79 Å². The van der Waals surface area contributed by atoms with Crippen molar-refractivity contribution in [2.45, 2.75) is 19.8 Å². The number of rotatable bonds is 6. The molecule has 0 spiro atoms. The Morgan fingerprint density at radius 1 is 1.50 bits per heavy atom. The molecule has 0 aliphatic rings. The van der Waals surface area contributed by atoms with Gasteiger partial charge in [0.15, 0.2) is 5.82 Å². The quantitative estimate of drug-likeness (QED) is 0.818. The third kappa shape index (κ3) is 3.39. The van der Waals surface area contributed by atoms with Crippen molar-refractivity contribution < 1.29 is 4.79 Å². The van der Waals surface area contributed by atoms with Gasteiger partial charge >= 0.3 is 0 Å². The first-order valence-electron chi connectivity index (χ1n) is 6.56. The van der Waals surface area contributed by atoms with Crippen molar-refractivity contribution in [3.63, 3.8) is 0 Å². The first-order chi connectivity index (χ1) is 9.74. The Morgan fingerprint density at radius 2 is 2.35 bits per heavy atom. The van der Waals surface area contributed by atoms with E-state index in [1.54, 1.807) is 29.3 Å². The normalized spacial score (nSPS) is 12.1. The van der Waals surface area contributed by atoms with Gasteiger partial charge in [-0.2, -0.15) is 5.10 Å². The van der Waals surface area contributed by atoms with E-state index in [4.69, 9.17) is 5.73 Å². The first-order valence-corrected chi connectivity index (χ1v) is 6.56. The number of anilines is 1. The van der Waals surface area contributed by atoms with Crippen LogP contribution in [0.5, 0.6) is 0 Å². The minimum Gasteiger partial charge on any atom is -0.330 e. The molecule has 2 aromatic rings. The summed E-state index contributed by atoms with van der Waals surface area (Å²) in [7, 11) is 0. The van der Waals surface area contributed by atoms with Crippen LogP contribution in [0.4, 0.5) is 5.69 Å². The second-order valence-electron chi connectivity index (χ2n) is 4.46. The lowest BCUT2D eigenvalue weighted by Crippen LogP contribution is -2.29. The molecule has 0 saturated carbocycles. The summed E-state index contributed by atoms with van der Waals surface area (Å²) in [5.74, 6) is 0.420. The number of nitrogens with zero attached hydrogens (tertiary/aromatic N) is 4. The highest BCUT2D eigenvalue weighted by Crippen LogP contribution is 2.12. The highest BCUT2D eigenvalue weighted by molar-refractivity contribution is 5.92. The molecule has 7 nitrogen and oxygen atoms in total. The molecule has 1 amide bonds. The number of carbonyl (C=O) groups is 1. The van der Waals surface area contributed by atoms with E-state index in [-0.39, 0.29) is 11.8 Å². The zero-order valence-corrected chi connectivity index (χ0v) is 11.4. The summed E-state index contributed by atoms with van der Waals surface area (Å²) in [6.07, 6.45) is 6.31. The fourth-order valence-electron chi connectivity index (χ4n) is 1.87. The van der Waals surface area contributed by atoms with E-state index in [1.165, 1.54) is 6.33 Å². The van der Waals surface area contributed by atoms with E-state index >= 15 is 0 Å². The van der Waals surface area contributed by atoms with Crippen molar-refractivity contribution in [2.24, 2.45) is 11.7 Å². The van der Waals surface area contributed by atoms with Gasteiger partial charge in [0.05, 0.1) is 17.8 Å². The van der Waals surface area contributed by atoms with Gasteiger partial charge in [-0.25, -0.2) is 14.6 Å². The standard InChI is InChI=1S/C13H18N6O/c1-2-3-10(6-14)13(20)18-11-4-5-12(16-7-11)19-9-15-8-17-19/h4-5,7-10H,2-3,6,14H2,1H3,(H,18,20). The summed E-state index contributed by atoms with van der Waals surface area (Å²) in [4.78, 5) is 20.1. The van der Waals surface area contributed by atoms with Crippen LogP contribution < -0.4 is 11.1 Å². The molecular weight excluding hydrogens is 256 g/mol. The Labute approximate surface area is 117 Å². The monoisotopic (exact) mass is 274 g/mol. The predicted molar refractivity (Wildman–Crippen MR) is 75.2 cm³/mol. The number of carbonyl (C=O) groups excluding carboxylic acids is 1. The maximum Gasteiger partial charge on any atom is 0.228 e. The molecule has 0 saturated heterocycles. The van der Waals surface area contributed by atoms with Gasteiger partial charge in [-0.05, 0) is 18.6 Å². The maximum atomic E-state index is 12.0. The van der Waals surface area contributed by atoms with Crippen LogP contribution in [0.15, 0.2) is 31.0 Å². The SMILES string of the molecule is CCCC(CN)C(=O)Nc1ccc(-n2cncn2)nc1. The molecule has 0 aliphatic carbocycles. The molecule has 0 aliphatic heterocycles. The molecule has 1 unspecified atom stereocenters. The molecule has 7 heteroatoms. The average molecular weight is 274 g/mol. The molecule has 1 atom stereocenters. The van der Waals surface area contributed by atoms with E-state index in [0.717, 1.165) is 12.8 Å². The van der Waals surface area contributed by atoms with Crippen LogP contribution in [0.3, 0.4) is 0 Å². The van der Waals surface area contributed by atoms with Gasteiger partial charge in [-0.3, -0.25) is 4.79 Å². The zero-order valence-electron chi connectivity index (χ0n) is 11.4. The third-order valence-electron chi connectivity index (χ3n) is 2.96. The highest BCUT2D eigenvalue weighted by Gasteiger charge is 2.15. The minimum atomic E-state index is -0.157. The lowest BCUT2D eigenvalue weighted by atomic mass is 10.0. The minimum absolute atomic E-state index is 0.0651. The summed E-state index contributed by atoms with van der Waals surface area (Å²) in [5.41, 5.74) is 6.25. The number of pyridine rings is 1. The number of amides is 1. The third-order valence-corrected chi connectivity index (χ3v) is 2.96. The van der Waals surface area contributed by atoms with Crippen LogP contribution >= 0.6 is 0 Å². The van der Waals surface area contributed by atoms with Crippen molar-refractivity contribution in [1.82, 2.24) is 19.7 Å². The fourth-order valence-corrected chi connectivity index (χ4v) is 1.87. The topological polar surface area (TPSA) is 98.7 Å². The van der Waals surface area contributed by atoms with Gasteiger partial charge in [-0.15, -0.1) is 0 Å². The fraction of sp³-hybridized carbons (Fsp3) is 0.385. The smallest absolute Gasteiger partial charge is 0.228 e. The van der Waals surface area contributed by atoms with Crippen LogP contribution in [0.25, 0.3) is 5.82 Å². The second kappa shape index (κ2) is 6.76. The molecule has 2 aromatic heterocycles. The molecule has 0 radical (unpaired) electrons. The highest BCUT2D eigenvalue weighted by atomic mass is 16.1. The van der Waals surface area contributed by atoms with Crippen LogP contribution in [-0.2, 0) is 4.79 Å². The largest absolute Gasteiger partial charge is 0.330 e. The van der Waals surface area contributed by atoms with Crippen molar-refractivity contribution in [3.05, 3.63) is 31.0 Å². The van der Waals surface area contributed by atoms with Gasteiger partial charge in [0.25, 0.3) is 0 Å². The molecular formula is C13H18N6O. The van der Waals surface area contributed by atoms with Crippen LogP contribution in [0.1, 0.15) is 19.8 Å². The van der Waals surface area contributed by atoms with Crippen LogP contribution in [0.2, 0.25) is 0 Å². The average Bonchev–Trinajstić information content (AvgIpc) is 2.99. The van der Waals surface area contributed by atoms with Crippen molar-refractivity contribution >= 4 is 11.6 Å². The Hall–Kier alpha value is -2.28. The number of nitrogens with two attached hydrogens (primary N) is 1. The number of hydrogen-bond acceptors (Lipinski definition) is 5. The Kier molecular flexibility index (Phi) is 4.78. The summed E-state index contributed by atoms with van der Waals surface area (Å²) >= 11 is 0. The van der Waals surface area contributed by atoms with Gasteiger partial charge < -0.3 is 11.1 Å². The Morgan fingerprint density at radius 3 is 2.90 bits per heavy atom. The Bertz CT molecular complexity index is 536. The number of hydrogen-bond donors (Lipinski definition) is 2. The molecule has 2 rings (SSSR count). The summed E-state index contributed by atoms with van der Waals surface area (Å²) in [6.45, 7) is 2.38. The molecule has 0 bridgehead atoms. The van der Waals surface area contributed by atoms with Crippen molar-refractivity contribution in [3.8, 4) is 5.82 Å². The molecule has 106 valence electrons. The van der Waals surface area contributed by atoms with Gasteiger partial charge in [0.2, 0.25) is 5.91 Å². The van der Waals surface area contributed by atoms with Gasteiger partial charge in [0.1, 0.15) is 12.7 Å². The Balaban J connectivity index is 2.02. The molecule has 20 heavy (non-hydrogen) atoms. The molecule has 3 N–H and O–H groups in total. The molecule has 0 aromatic carbocycles. The summed E-state index contributed by atoms with van der Waals surface area (Å²) in [6, 6.07) is 3.54. The van der Waals surface area contributed by atoms with E-state index in [1.807, 2.05) is 6.92 Å². The lowest BCUT2D eigenvalue weighted by molar-refractivity contribution is -0.119. The van der Waals surface area contributed by atoms with Crippen LogP contribution in [0, 0.1) is 5.92 Å². The molecule has 0 fully saturated rings. The summed E-state index contributed by atoms with van der Waals surface area (Å²) < 4.78 is 1.55. The van der Waals surface area contributed by atoms with E-state index in [2.05, 4.69) is 20.4 Å². The number of nitrogens with one attached hydrogen (secondary N) is 1. The lowest BCUT2D eigenvalue weighted by Gasteiger charge is -2.13. The second-order valence-corrected chi connectivity index (χ2v) is 4.46. The van der Waals surface area contributed by atoms with E-state index < -0.39 is 0 Å². The molecule has 2 heterocycles. The summed E-state index contributed by atoms with van der Waals surface area (Å²) in [5, 5.41) is 6.81. The predicted octanol–water partition coefficient (Wildman–Crippen LogP) is 0.976.